The summed E-state index contributed by atoms with van der Waals surface area (Å²) in [6.45, 7) is 0. The molecule has 0 radical (unpaired) electrons. The average molecular weight is 552 g/mol. The first-order chi connectivity index (χ1) is 13.2. The van der Waals surface area contributed by atoms with Gasteiger partial charge in [-0.15, -0.1) is 0 Å². The van der Waals surface area contributed by atoms with Crippen molar-refractivity contribution in [1.29, 1.82) is 0 Å². The second-order valence-electron chi connectivity index (χ2n) is 5.72. The van der Waals surface area contributed by atoms with Crippen molar-refractivity contribution in [2.24, 2.45) is 0 Å². The van der Waals surface area contributed by atoms with Gasteiger partial charge < -0.3 is 0 Å². The fourth-order valence-corrected chi connectivity index (χ4v) is 1.75. The van der Waals surface area contributed by atoms with Gasteiger partial charge in [0.25, 0.3) is 0 Å². The fraction of sp³-hybridized carbons (Fsp3) is 1.00. The molecule has 194 valence electrons. The predicted molar refractivity (Wildman–Crippen MR) is 60.3 cm³/mol. The summed E-state index contributed by atoms with van der Waals surface area (Å²) in [5.41, 5.74) is -6.61. The molecule has 0 aromatic carbocycles. The number of rotatable bonds is 8. The van der Waals surface area contributed by atoms with E-state index in [0.717, 1.165) is 0 Å². The maximum atomic E-state index is 13.2. The van der Waals surface area contributed by atoms with E-state index >= 15 is 0 Å². The van der Waals surface area contributed by atoms with Gasteiger partial charge in [-0.05, 0) is 0 Å². The quantitative estimate of drug-likeness (QED) is 0.223. The number of alkyl halides is 21. The Balaban J connectivity index is 7.00. The second kappa shape index (κ2) is 7.23. The molecule has 0 rings (SSSR count). The van der Waals surface area contributed by atoms with Crippen LogP contribution in [0.4, 0.5) is 92.2 Å². The van der Waals surface area contributed by atoms with Gasteiger partial charge in [0.2, 0.25) is 0 Å². The Labute approximate surface area is 162 Å². The van der Waals surface area contributed by atoms with E-state index in [1.165, 1.54) is 0 Å². The van der Waals surface area contributed by atoms with E-state index in [4.69, 9.17) is 0 Å². The molecule has 0 saturated heterocycles. The van der Waals surface area contributed by atoms with Crippen molar-refractivity contribution < 1.29 is 92.2 Å². The minimum Gasteiger partial charge on any atom is -0.195 e. The molecule has 32 heavy (non-hydrogen) atoms. The van der Waals surface area contributed by atoms with Gasteiger partial charge in [0.15, 0.2) is 0 Å². The lowest BCUT2D eigenvalue weighted by Gasteiger charge is -2.44. The molecule has 0 bridgehead atoms. The van der Waals surface area contributed by atoms with Crippen molar-refractivity contribution >= 4 is 9.24 Å². The van der Waals surface area contributed by atoms with Crippen LogP contribution in [0.1, 0.15) is 0 Å². The van der Waals surface area contributed by atoms with Crippen LogP contribution in [0.2, 0.25) is 0 Å². The molecule has 0 amide bonds. The molecular weight excluding hydrogens is 550 g/mol. The summed E-state index contributed by atoms with van der Waals surface area (Å²) in [5, 5.41) is 0. The first kappa shape index (κ1) is 31.0. The molecular formula is C10H2F21P. The van der Waals surface area contributed by atoms with Crippen LogP contribution in [0.25, 0.3) is 0 Å². The van der Waals surface area contributed by atoms with Crippen LogP contribution in [0.3, 0.4) is 0 Å². The number of hydrogen-bond donors (Lipinski definition) is 0. The molecule has 0 heterocycles. The zero-order valence-corrected chi connectivity index (χ0v) is 14.7. The maximum Gasteiger partial charge on any atom is 0.460 e. The first-order valence-corrected chi connectivity index (χ1v) is 7.08. The van der Waals surface area contributed by atoms with Gasteiger partial charge in [-0.1, -0.05) is 9.24 Å². The highest BCUT2D eigenvalue weighted by Gasteiger charge is 2.97. The van der Waals surface area contributed by atoms with Crippen molar-refractivity contribution in [2.45, 2.75) is 59.2 Å². The first-order valence-electron chi connectivity index (χ1n) is 6.51. The van der Waals surface area contributed by atoms with E-state index in [1.54, 1.807) is 0 Å². The molecule has 0 saturated carbocycles. The minimum atomic E-state index is -9.13. The molecule has 0 aliphatic carbocycles. The Morgan fingerprint density at radius 2 is 0.406 bits per heavy atom. The molecule has 0 N–H and O–H groups in total. The summed E-state index contributed by atoms with van der Waals surface area (Å²) >= 11 is 0. The largest absolute Gasteiger partial charge is 0.460 e. The van der Waals surface area contributed by atoms with E-state index in [9.17, 15) is 92.2 Å². The fourth-order valence-electron chi connectivity index (χ4n) is 1.57. The summed E-state index contributed by atoms with van der Waals surface area (Å²) < 4.78 is 268. The Bertz CT molecular complexity index is 632. The SMILES string of the molecule is FC(F)(F)C(F)(F)C(F)(F)C(F)(F)C(F)(F)C(F)(F)C(F)(F)C(F)(F)C(F)(F)C(F)(F)P. The van der Waals surface area contributed by atoms with Crippen LogP contribution in [0.15, 0.2) is 0 Å². The normalized spacial score (nSPS) is 17.1. The summed E-state index contributed by atoms with van der Waals surface area (Å²) in [5.74, 6) is -69.8. The minimum absolute atomic E-state index is 0.671. The van der Waals surface area contributed by atoms with Gasteiger partial charge in [-0.3, -0.25) is 0 Å². The summed E-state index contributed by atoms with van der Waals surface area (Å²) in [6, 6.07) is 0. The monoisotopic (exact) mass is 552 g/mol. The Hall–Kier alpha value is -1.04. The van der Waals surface area contributed by atoms with Crippen LogP contribution < -0.4 is 0 Å². The molecule has 0 spiro atoms. The van der Waals surface area contributed by atoms with E-state index in [0.29, 0.717) is 0 Å². The molecule has 1 atom stereocenters. The third kappa shape index (κ3) is 3.54. The zero-order chi connectivity index (χ0) is 27.0. The number of hydrogen-bond acceptors (Lipinski definition) is 0. The zero-order valence-electron chi connectivity index (χ0n) is 13.5. The van der Waals surface area contributed by atoms with Gasteiger partial charge in [0.05, 0.1) is 0 Å². The molecule has 0 aromatic heterocycles. The summed E-state index contributed by atoms with van der Waals surface area (Å²) in [6.07, 6.45) is -7.98. The van der Waals surface area contributed by atoms with Crippen molar-refractivity contribution in [3.8, 4) is 0 Å². The third-order valence-corrected chi connectivity index (χ3v) is 3.90. The van der Waals surface area contributed by atoms with Crippen LogP contribution >= 0.6 is 9.24 Å². The van der Waals surface area contributed by atoms with Crippen LogP contribution in [0.5, 0.6) is 0 Å². The van der Waals surface area contributed by atoms with Crippen molar-refractivity contribution in [3.05, 3.63) is 0 Å². The van der Waals surface area contributed by atoms with Crippen LogP contribution in [0, 0.1) is 0 Å². The van der Waals surface area contributed by atoms with Gasteiger partial charge in [0, 0.05) is 0 Å². The van der Waals surface area contributed by atoms with E-state index < -0.39 is 68.5 Å². The molecule has 0 aromatic rings. The maximum absolute atomic E-state index is 13.2. The Kier molecular flexibility index (Phi) is 6.99. The highest BCUT2D eigenvalue weighted by Crippen LogP contribution is 2.66. The highest BCUT2D eigenvalue weighted by molar-refractivity contribution is 7.18. The Morgan fingerprint density at radius 3 is 0.562 bits per heavy atom. The molecule has 0 nitrogen and oxygen atoms in total. The van der Waals surface area contributed by atoms with Crippen LogP contribution in [-0.2, 0) is 0 Å². The lowest BCUT2D eigenvalue weighted by molar-refractivity contribution is -0.472. The summed E-state index contributed by atoms with van der Waals surface area (Å²) in [4.78, 5) is 0. The standard InChI is InChI=1S/C10H2F21P/c11-1(12,3(15,16)5(19,20)7(23,24)9(27,28)29)2(13,14)4(17,18)6(21,22)8(25,26)10(30,31)32/h32H2. The van der Waals surface area contributed by atoms with E-state index in [2.05, 4.69) is 0 Å². The van der Waals surface area contributed by atoms with E-state index in [1.807, 2.05) is 0 Å². The van der Waals surface area contributed by atoms with Crippen molar-refractivity contribution in [2.75, 3.05) is 0 Å². The average Bonchev–Trinajstić information content (AvgIpc) is 2.51. The van der Waals surface area contributed by atoms with E-state index in [-0.39, 0.29) is 0 Å². The lowest BCUT2D eigenvalue weighted by Crippen LogP contribution is -2.76. The third-order valence-electron chi connectivity index (χ3n) is 3.54. The molecule has 1 unspecified atom stereocenters. The lowest BCUT2D eigenvalue weighted by atomic mass is 9.87. The predicted octanol–water partition coefficient (Wildman–Crippen LogP) is 7.10. The molecule has 22 heteroatoms. The highest BCUT2D eigenvalue weighted by atomic mass is 31.0. The smallest absolute Gasteiger partial charge is 0.195 e. The van der Waals surface area contributed by atoms with Crippen molar-refractivity contribution in [3.63, 3.8) is 0 Å². The molecule has 0 aliphatic rings. The van der Waals surface area contributed by atoms with Crippen LogP contribution in [-0.4, -0.2) is 59.2 Å². The van der Waals surface area contributed by atoms with Gasteiger partial charge in [0.1, 0.15) is 0 Å². The topological polar surface area (TPSA) is 0 Å². The molecule has 0 fully saturated rings. The van der Waals surface area contributed by atoms with Gasteiger partial charge >= 0.3 is 59.2 Å². The summed E-state index contributed by atoms with van der Waals surface area (Å²) in [7, 11) is -0.671. The van der Waals surface area contributed by atoms with Gasteiger partial charge in [-0.25, -0.2) is 0 Å². The second-order valence-corrected chi connectivity index (χ2v) is 6.44. The number of halogens is 21. The Morgan fingerprint density at radius 1 is 0.250 bits per heavy atom. The van der Waals surface area contributed by atoms with Crippen molar-refractivity contribution in [1.82, 2.24) is 0 Å². The van der Waals surface area contributed by atoms with Gasteiger partial charge in [-0.2, -0.15) is 92.2 Å². The molecule has 0 aliphatic heterocycles.